The Morgan fingerprint density at radius 2 is 1.40 bits per heavy atom. The molecule has 196 valence electrons. The summed E-state index contributed by atoms with van der Waals surface area (Å²) < 4.78 is 0. The number of aromatic hydroxyl groups is 1. The van der Waals surface area contributed by atoms with Gasteiger partial charge in [0.2, 0.25) is 17.7 Å². The summed E-state index contributed by atoms with van der Waals surface area (Å²) in [5.74, 6) is -2.85. The van der Waals surface area contributed by atoms with Crippen molar-refractivity contribution in [1.82, 2.24) is 16.0 Å². The first-order chi connectivity index (χ1) is 16.4. The van der Waals surface area contributed by atoms with Crippen LogP contribution in [0.2, 0.25) is 0 Å². The van der Waals surface area contributed by atoms with Gasteiger partial charge in [-0.25, -0.2) is 4.79 Å². The minimum absolute atomic E-state index is 0.0323. The average Bonchev–Trinajstić information content (AvgIpc) is 2.78. The van der Waals surface area contributed by atoms with E-state index in [0.717, 1.165) is 0 Å². The van der Waals surface area contributed by atoms with Crippen LogP contribution in [0.15, 0.2) is 24.3 Å². The van der Waals surface area contributed by atoms with Gasteiger partial charge in [-0.05, 0) is 62.8 Å². The van der Waals surface area contributed by atoms with Crippen LogP contribution in [0.3, 0.4) is 0 Å². The number of carbonyl (C=O) groups is 4. The molecule has 0 radical (unpaired) electrons. The summed E-state index contributed by atoms with van der Waals surface area (Å²) in [5.41, 5.74) is 11.9. The third-order valence-corrected chi connectivity index (χ3v) is 5.32. The Morgan fingerprint density at radius 3 is 1.91 bits per heavy atom. The first-order valence-corrected chi connectivity index (χ1v) is 11.8. The van der Waals surface area contributed by atoms with Gasteiger partial charge in [0.25, 0.3) is 0 Å². The number of amides is 3. The SMILES string of the molecule is CC(C)CC(NC(=O)C(CCCCN)NC(=O)C(Cc1ccc(O)cc1)NC(=O)C(C)N)C(=O)O. The zero-order chi connectivity index (χ0) is 26.5. The van der Waals surface area contributed by atoms with Crippen LogP contribution in [0.4, 0.5) is 0 Å². The molecular weight excluding hydrogens is 454 g/mol. The number of nitrogens with one attached hydrogen (secondary N) is 3. The Labute approximate surface area is 206 Å². The van der Waals surface area contributed by atoms with E-state index in [-0.39, 0.29) is 30.9 Å². The van der Waals surface area contributed by atoms with E-state index < -0.39 is 47.9 Å². The van der Waals surface area contributed by atoms with Gasteiger partial charge < -0.3 is 37.6 Å². The van der Waals surface area contributed by atoms with Gasteiger partial charge in [0.1, 0.15) is 23.9 Å². The van der Waals surface area contributed by atoms with E-state index >= 15 is 0 Å². The fraction of sp³-hybridized carbons (Fsp3) is 0.583. The summed E-state index contributed by atoms with van der Waals surface area (Å²) in [5, 5.41) is 26.7. The Balaban J connectivity index is 3.07. The highest BCUT2D eigenvalue weighted by Crippen LogP contribution is 2.12. The van der Waals surface area contributed by atoms with Gasteiger partial charge in [-0.2, -0.15) is 0 Å². The highest BCUT2D eigenvalue weighted by Gasteiger charge is 2.30. The third-order valence-electron chi connectivity index (χ3n) is 5.32. The van der Waals surface area contributed by atoms with E-state index in [9.17, 15) is 29.4 Å². The maximum absolute atomic E-state index is 13.2. The van der Waals surface area contributed by atoms with Crippen molar-refractivity contribution in [2.45, 2.75) is 77.0 Å². The number of aliphatic carboxylic acids is 1. The number of phenols is 1. The highest BCUT2D eigenvalue weighted by atomic mass is 16.4. The summed E-state index contributed by atoms with van der Waals surface area (Å²) in [6.07, 6.45) is 1.72. The molecule has 11 heteroatoms. The molecule has 0 aliphatic rings. The lowest BCUT2D eigenvalue weighted by molar-refractivity contribution is -0.142. The number of rotatable bonds is 15. The van der Waals surface area contributed by atoms with E-state index in [1.54, 1.807) is 12.1 Å². The van der Waals surface area contributed by atoms with Crippen molar-refractivity contribution in [1.29, 1.82) is 0 Å². The van der Waals surface area contributed by atoms with E-state index in [4.69, 9.17) is 11.5 Å². The van der Waals surface area contributed by atoms with Gasteiger partial charge in [-0.1, -0.05) is 26.0 Å². The molecule has 0 spiro atoms. The number of phenolic OH excluding ortho intramolecular Hbond substituents is 1. The molecule has 9 N–H and O–H groups in total. The van der Waals surface area contributed by atoms with Crippen LogP contribution in [-0.2, 0) is 25.6 Å². The molecule has 0 saturated carbocycles. The van der Waals surface area contributed by atoms with Crippen molar-refractivity contribution in [3.63, 3.8) is 0 Å². The number of benzene rings is 1. The van der Waals surface area contributed by atoms with Crippen LogP contribution >= 0.6 is 0 Å². The second kappa shape index (κ2) is 14.9. The summed E-state index contributed by atoms with van der Waals surface area (Å²) in [4.78, 5) is 50.0. The normalized spacial score (nSPS) is 14.5. The Kier molecular flexibility index (Phi) is 12.7. The Bertz CT molecular complexity index is 843. The number of nitrogens with two attached hydrogens (primary N) is 2. The standard InChI is InChI=1S/C24H39N5O6/c1-14(2)12-20(24(34)35)29-22(32)18(6-4-5-11-25)27-23(33)19(28-21(31)15(3)26)13-16-7-9-17(30)10-8-16/h7-10,14-15,18-20,30H,4-6,11-13,25-26H2,1-3H3,(H,27,33)(H,28,31)(H,29,32)(H,34,35). The van der Waals surface area contributed by atoms with E-state index in [0.29, 0.717) is 24.9 Å². The number of hydrogen-bond acceptors (Lipinski definition) is 7. The maximum atomic E-state index is 13.2. The van der Waals surface area contributed by atoms with Gasteiger partial charge in [0.15, 0.2) is 0 Å². The highest BCUT2D eigenvalue weighted by molar-refractivity contribution is 5.94. The first kappa shape index (κ1) is 29.9. The predicted octanol–water partition coefficient (Wildman–Crippen LogP) is -0.00400. The zero-order valence-corrected chi connectivity index (χ0v) is 20.6. The zero-order valence-electron chi connectivity index (χ0n) is 20.6. The molecule has 1 aromatic rings. The number of carbonyl (C=O) groups excluding carboxylic acids is 3. The molecule has 35 heavy (non-hydrogen) atoms. The van der Waals surface area contributed by atoms with Crippen molar-refractivity contribution in [3.05, 3.63) is 29.8 Å². The molecule has 3 amide bonds. The second-order valence-electron chi connectivity index (χ2n) is 9.10. The molecule has 1 aromatic carbocycles. The number of carboxylic acid groups (broad SMARTS) is 1. The molecule has 0 fully saturated rings. The van der Waals surface area contributed by atoms with Gasteiger partial charge in [0, 0.05) is 6.42 Å². The van der Waals surface area contributed by atoms with Gasteiger partial charge in [0.05, 0.1) is 6.04 Å². The number of hydrogen-bond donors (Lipinski definition) is 7. The van der Waals surface area contributed by atoms with Crippen LogP contribution in [0.1, 0.15) is 52.0 Å². The lowest BCUT2D eigenvalue weighted by atomic mass is 10.0. The molecule has 11 nitrogen and oxygen atoms in total. The minimum atomic E-state index is -1.16. The van der Waals surface area contributed by atoms with E-state index in [1.165, 1.54) is 19.1 Å². The molecule has 0 heterocycles. The van der Waals surface area contributed by atoms with Crippen molar-refractivity contribution in [2.24, 2.45) is 17.4 Å². The summed E-state index contributed by atoms with van der Waals surface area (Å²) in [6.45, 7) is 5.57. The van der Waals surface area contributed by atoms with Gasteiger partial charge >= 0.3 is 5.97 Å². The van der Waals surface area contributed by atoms with Crippen molar-refractivity contribution < 1.29 is 29.4 Å². The molecule has 0 aliphatic heterocycles. The van der Waals surface area contributed by atoms with Crippen molar-refractivity contribution in [2.75, 3.05) is 6.54 Å². The van der Waals surface area contributed by atoms with Crippen LogP contribution in [0.5, 0.6) is 5.75 Å². The quantitative estimate of drug-likeness (QED) is 0.166. The monoisotopic (exact) mass is 493 g/mol. The Morgan fingerprint density at radius 1 is 0.857 bits per heavy atom. The molecule has 0 aliphatic carbocycles. The molecule has 4 atom stereocenters. The Hall–Kier alpha value is -3.18. The first-order valence-electron chi connectivity index (χ1n) is 11.8. The lowest BCUT2D eigenvalue weighted by Gasteiger charge is -2.25. The molecule has 4 unspecified atom stereocenters. The molecule has 0 saturated heterocycles. The molecule has 0 aromatic heterocycles. The molecule has 0 bridgehead atoms. The third kappa shape index (κ3) is 11.2. The van der Waals surface area contributed by atoms with Crippen LogP contribution < -0.4 is 27.4 Å². The molecular formula is C24H39N5O6. The topological polar surface area (TPSA) is 197 Å². The van der Waals surface area contributed by atoms with Crippen LogP contribution in [0, 0.1) is 5.92 Å². The molecule has 1 rings (SSSR count). The predicted molar refractivity (Wildman–Crippen MR) is 131 cm³/mol. The number of carboxylic acids is 1. The maximum Gasteiger partial charge on any atom is 0.326 e. The average molecular weight is 494 g/mol. The van der Waals surface area contributed by atoms with E-state index in [2.05, 4.69) is 16.0 Å². The van der Waals surface area contributed by atoms with Crippen LogP contribution in [0.25, 0.3) is 0 Å². The van der Waals surface area contributed by atoms with Gasteiger partial charge in [-0.15, -0.1) is 0 Å². The minimum Gasteiger partial charge on any atom is -0.508 e. The lowest BCUT2D eigenvalue weighted by Crippen LogP contribution is -2.57. The van der Waals surface area contributed by atoms with Gasteiger partial charge in [-0.3, -0.25) is 14.4 Å². The van der Waals surface area contributed by atoms with E-state index in [1.807, 2.05) is 13.8 Å². The fourth-order valence-electron chi connectivity index (χ4n) is 3.38. The fourth-order valence-corrected chi connectivity index (χ4v) is 3.38. The smallest absolute Gasteiger partial charge is 0.326 e. The largest absolute Gasteiger partial charge is 0.508 e. The summed E-state index contributed by atoms with van der Waals surface area (Å²) >= 11 is 0. The summed E-state index contributed by atoms with van der Waals surface area (Å²) in [6, 6.07) is 2.13. The summed E-state index contributed by atoms with van der Waals surface area (Å²) in [7, 11) is 0. The van der Waals surface area contributed by atoms with Crippen molar-refractivity contribution >= 4 is 23.7 Å². The van der Waals surface area contributed by atoms with Crippen LogP contribution in [-0.4, -0.2) is 64.6 Å². The number of unbranched alkanes of at least 4 members (excludes halogenated alkanes) is 1. The van der Waals surface area contributed by atoms with Crippen molar-refractivity contribution in [3.8, 4) is 5.75 Å². The second-order valence-corrected chi connectivity index (χ2v) is 9.10.